The summed E-state index contributed by atoms with van der Waals surface area (Å²) in [7, 11) is 0. The van der Waals surface area contributed by atoms with Gasteiger partial charge in [-0.25, -0.2) is 0 Å². The molecule has 1 aliphatic heterocycles. The van der Waals surface area contributed by atoms with Gasteiger partial charge in [-0.1, -0.05) is 28.1 Å². The SMILES string of the molecule is Brc1cccc(CNC2CCOCC2)c1. The van der Waals surface area contributed by atoms with Crippen molar-refractivity contribution in [3.8, 4) is 0 Å². The monoisotopic (exact) mass is 269 g/mol. The highest BCUT2D eigenvalue weighted by molar-refractivity contribution is 9.10. The lowest BCUT2D eigenvalue weighted by molar-refractivity contribution is 0.0776. The minimum atomic E-state index is 0.623. The van der Waals surface area contributed by atoms with Gasteiger partial charge in [0.1, 0.15) is 0 Å². The Bertz CT molecular complexity index is 310. The zero-order valence-electron chi connectivity index (χ0n) is 8.71. The van der Waals surface area contributed by atoms with Crippen LogP contribution in [-0.2, 0) is 11.3 Å². The van der Waals surface area contributed by atoms with Crippen LogP contribution >= 0.6 is 15.9 Å². The molecule has 0 aromatic heterocycles. The number of nitrogens with one attached hydrogen (secondary N) is 1. The van der Waals surface area contributed by atoms with Crippen molar-refractivity contribution in [1.82, 2.24) is 5.32 Å². The van der Waals surface area contributed by atoms with Gasteiger partial charge in [0.2, 0.25) is 0 Å². The minimum Gasteiger partial charge on any atom is -0.381 e. The van der Waals surface area contributed by atoms with Gasteiger partial charge in [-0.05, 0) is 30.5 Å². The Balaban J connectivity index is 1.81. The molecular weight excluding hydrogens is 254 g/mol. The van der Waals surface area contributed by atoms with Crippen molar-refractivity contribution in [2.75, 3.05) is 13.2 Å². The van der Waals surface area contributed by atoms with E-state index in [0.717, 1.165) is 37.1 Å². The lowest BCUT2D eigenvalue weighted by Gasteiger charge is -2.23. The molecule has 0 unspecified atom stereocenters. The fourth-order valence-electron chi connectivity index (χ4n) is 1.81. The molecule has 1 saturated heterocycles. The minimum absolute atomic E-state index is 0.623. The van der Waals surface area contributed by atoms with Gasteiger partial charge in [0, 0.05) is 30.3 Å². The lowest BCUT2D eigenvalue weighted by Crippen LogP contribution is -2.34. The molecule has 0 bridgehead atoms. The summed E-state index contributed by atoms with van der Waals surface area (Å²) in [6.07, 6.45) is 2.27. The quantitative estimate of drug-likeness (QED) is 0.911. The normalized spacial score (nSPS) is 17.9. The maximum absolute atomic E-state index is 5.32. The molecule has 3 heteroatoms. The van der Waals surface area contributed by atoms with Crippen LogP contribution in [0, 0.1) is 0 Å². The van der Waals surface area contributed by atoms with Crippen molar-refractivity contribution in [1.29, 1.82) is 0 Å². The summed E-state index contributed by atoms with van der Waals surface area (Å²) in [6, 6.07) is 9.06. The van der Waals surface area contributed by atoms with Crippen molar-refractivity contribution in [3.05, 3.63) is 34.3 Å². The topological polar surface area (TPSA) is 21.3 Å². The molecule has 0 aliphatic carbocycles. The van der Waals surface area contributed by atoms with Crippen molar-refractivity contribution in [3.63, 3.8) is 0 Å². The third kappa shape index (κ3) is 3.59. The highest BCUT2D eigenvalue weighted by atomic mass is 79.9. The van der Waals surface area contributed by atoms with E-state index >= 15 is 0 Å². The Morgan fingerprint density at radius 3 is 2.87 bits per heavy atom. The standard InChI is InChI=1S/C12H16BrNO/c13-11-3-1-2-10(8-11)9-14-12-4-6-15-7-5-12/h1-3,8,12,14H,4-7,9H2. The van der Waals surface area contributed by atoms with Crippen LogP contribution in [0.5, 0.6) is 0 Å². The lowest BCUT2D eigenvalue weighted by atomic mass is 10.1. The zero-order valence-corrected chi connectivity index (χ0v) is 10.3. The number of halogens is 1. The van der Waals surface area contributed by atoms with Crippen molar-refractivity contribution < 1.29 is 4.74 Å². The second-order valence-electron chi connectivity index (χ2n) is 3.90. The van der Waals surface area contributed by atoms with Gasteiger partial charge in [-0.15, -0.1) is 0 Å². The molecule has 1 aromatic carbocycles. The summed E-state index contributed by atoms with van der Waals surface area (Å²) in [4.78, 5) is 0. The van der Waals surface area contributed by atoms with E-state index in [2.05, 4.69) is 45.5 Å². The molecular formula is C12H16BrNO. The van der Waals surface area contributed by atoms with Crippen LogP contribution in [-0.4, -0.2) is 19.3 Å². The van der Waals surface area contributed by atoms with E-state index in [-0.39, 0.29) is 0 Å². The van der Waals surface area contributed by atoms with Gasteiger partial charge in [0.25, 0.3) is 0 Å². The van der Waals surface area contributed by atoms with Gasteiger partial charge in [0.05, 0.1) is 0 Å². The molecule has 0 atom stereocenters. The second kappa shape index (κ2) is 5.64. The van der Waals surface area contributed by atoms with Crippen LogP contribution in [0.1, 0.15) is 18.4 Å². The Hall–Kier alpha value is -0.380. The summed E-state index contributed by atoms with van der Waals surface area (Å²) in [5.74, 6) is 0. The number of rotatable bonds is 3. The van der Waals surface area contributed by atoms with Crippen LogP contribution < -0.4 is 5.32 Å². The van der Waals surface area contributed by atoms with Crippen LogP contribution in [0.2, 0.25) is 0 Å². The van der Waals surface area contributed by atoms with Gasteiger partial charge in [-0.3, -0.25) is 0 Å². The highest BCUT2D eigenvalue weighted by Crippen LogP contribution is 2.12. The molecule has 0 saturated carbocycles. The molecule has 82 valence electrons. The van der Waals surface area contributed by atoms with Crippen molar-refractivity contribution in [2.24, 2.45) is 0 Å². The van der Waals surface area contributed by atoms with Crippen molar-refractivity contribution in [2.45, 2.75) is 25.4 Å². The zero-order chi connectivity index (χ0) is 10.5. The van der Waals surface area contributed by atoms with Crippen LogP contribution in [0.3, 0.4) is 0 Å². The molecule has 0 amide bonds. The Labute approximate surface area is 99.1 Å². The first-order valence-electron chi connectivity index (χ1n) is 5.40. The van der Waals surface area contributed by atoms with Crippen LogP contribution in [0.25, 0.3) is 0 Å². The molecule has 15 heavy (non-hydrogen) atoms. The van der Waals surface area contributed by atoms with Gasteiger partial charge < -0.3 is 10.1 Å². The average molecular weight is 270 g/mol. The maximum atomic E-state index is 5.32. The summed E-state index contributed by atoms with van der Waals surface area (Å²) >= 11 is 3.48. The predicted octanol–water partition coefficient (Wildman–Crippen LogP) is 2.72. The van der Waals surface area contributed by atoms with E-state index < -0.39 is 0 Å². The van der Waals surface area contributed by atoms with Crippen LogP contribution in [0.4, 0.5) is 0 Å². The predicted molar refractivity (Wildman–Crippen MR) is 64.8 cm³/mol. The molecule has 1 fully saturated rings. The largest absolute Gasteiger partial charge is 0.381 e. The molecule has 0 spiro atoms. The van der Waals surface area contributed by atoms with Gasteiger partial charge in [-0.2, -0.15) is 0 Å². The van der Waals surface area contributed by atoms with Gasteiger partial charge >= 0.3 is 0 Å². The van der Waals surface area contributed by atoms with E-state index in [1.807, 2.05) is 0 Å². The van der Waals surface area contributed by atoms with E-state index in [4.69, 9.17) is 4.74 Å². The van der Waals surface area contributed by atoms with E-state index in [0.29, 0.717) is 6.04 Å². The molecule has 1 heterocycles. The number of benzene rings is 1. The van der Waals surface area contributed by atoms with E-state index in [1.54, 1.807) is 0 Å². The molecule has 2 nitrogen and oxygen atoms in total. The summed E-state index contributed by atoms with van der Waals surface area (Å²) in [6.45, 7) is 2.75. The van der Waals surface area contributed by atoms with Crippen LogP contribution in [0.15, 0.2) is 28.7 Å². The average Bonchev–Trinajstić information content (AvgIpc) is 2.28. The molecule has 1 aliphatic rings. The summed E-state index contributed by atoms with van der Waals surface area (Å²) < 4.78 is 6.47. The Kier molecular flexibility index (Phi) is 4.18. The summed E-state index contributed by atoms with van der Waals surface area (Å²) in [5.41, 5.74) is 1.33. The van der Waals surface area contributed by atoms with E-state index in [1.165, 1.54) is 5.56 Å². The Morgan fingerprint density at radius 1 is 1.33 bits per heavy atom. The van der Waals surface area contributed by atoms with Crippen molar-refractivity contribution >= 4 is 15.9 Å². The first-order valence-corrected chi connectivity index (χ1v) is 6.19. The van der Waals surface area contributed by atoms with E-state index in [9.17, 15) is 0 Å². The first-order chi connectivity index (χ1) is 7.34. The molecule has 2 rings (SSSR count). The summed E-state index contributed by atoms with van der Waals surface area (Å²) in [5, 5.41) is 3.56. The molecule has 0 radical (unpaired) electrons. The third-order valence-electron chi connectivity index (χ3n) is 2.71. The maximum Gasteiger partial charge on any atom is 0.0480 e. The first kappa shape index (κ1) is 11.1. The molecule has 1 N–H and O–H groups in total. The number of ether oxygens (including phenoxy) is 1. The Morgan fingerprint density at radius 2 is 2.13 bits per heavy atom. The number of hydrogen-bond donors (Lipinski definition) is 1. The molecule has 1 aromatic rings. The fourth-order valence-corrected chi connectivity index (χ4v) is 2.26. The second-order valence-corrected chi connectivity index (χ2v) is 4.81. The highest BCUT2D eigenvalue weighted by Gasteiger charge is 2.12. The fraction of sp³-hybridized carbons (Fsp3) is 0.500. The number of hydrogen-bond acceptors (Lipinski definition) is 2. The van der Waals surface area contributed by atoms with Gasteiger partial charge in [0.15, 0.2) is 0 Å². The smallest absolute Gasteiger partial charge is 0.0480 e. The third-order valence-corrected chi connectivity index (χ3v) is 3.20.